The van der Waals surface area contributed by atoms with Gasteiger partial charge in [-0.1, -0.05) is 18.2 Å². The lowest BCUT2D eigenvalue weighted by Crippen LogP contribution is -2.37. The fraction of sp³-hybridized carbons (Fsp3) is 0.412. The zero-order valence-electron chi connectivity index (χ0n) is 12.2. The zero-order chi connectivity index (χ0) is 14.7. The van der Waals surface area contributed by atoms with Crippen LogP contribution in [0.15, 0.2) is 30.5 Å². The number of piperidine rings is 1. The Morgan fingerprint density at radius 2 is 2.29 bits per heavy atom. The van der Waals surface area contributed by atoms with Gasteiger partial charge in [0.1, 0.15) is 6.07 Å². The van der Waals surface area contributed by atoms with Gasteiger partial charge in [-0.25, -0.2) is 0 Å². The van der Waals surface area contributed by atoms with E-state index in [9.17, 15) is 5.26 Å². The molecule has 1 aliphatic rings. The van der Waals surface area contributed by atoms with Crippen LogP contribution in [0.5, 0.6) is 0 Å². The number of benzene rings is 1. The summed E-state index contributed by atoms with van der Waals surface area (Å²) in [5.74, 6) is 0.530. The summed E-state index contributed by atoms with van der Waals surface area (Å²) in [6, 6.07) is 10.3. The van der Waals surface area contributed by atoms with E-state index in [2.05, 4.69) is 22.0 Å². The number of nitrogens with zero attached hydrogens (tertiary/aromatic N) is 3. The molecule has 0 N–H and O–H groups in total. The number of anilines is 1. The van der Waals surface area contributed by atoms with E-state index in [1.54, 1.807) is 13.3 Å². The standard InChI is InChI=1S/C17H19N3O/c1-21-12-13-5-4-8-20(11-13)17-14(9-18)10-19-16-7-3-2-6-15(16)17/h2-3,6-7,10,13H,4-5,8,11-12H2,1H3. The molecule has 4 nitrogen and oxygen atoms in total. The highest BCUT2D eigenvalue weighted by molar-refractivity contribution is 5.94. The lowest BCUT2D eigenvalue weighted by atomic mass is 9.97. The average molecular weight is 281 g/mol. The van der Waals surface area contributed by atoms with Crippen molar-refractivity contribution in [2.24, 2.45) is 5.92 Å². The monoisotopic (exact) mass is 281 g/mol. The van der Waals surface area contributed by atoms with Gasteiger partial charge in [0.25, 0.3) is 0 Å². The van der Waals surface area contributed by atoms with Crippen LogP contribution in [-0.4, -0.2) is 31.8 Å². The van der Waals surface area contributed by atoms with Crippen molar-refractivity contribution >= 4 is 16.6 Å². The van der Waals surface area contributed by atoms with Gasteiger partial charge in [0.2, 0.25) is 0 Å². The Hall–Kier alpha value is -2.12. The summed E-state index contributed by atoms with van der Waals surface area (Å²) in [7, 11) is 1.75. The predicted molar refractivity (Wildman–Crippen MR) is 83.3 cm³/mol. The lowest BCUT2D eigenvalue weighted by Gasteiger charge is -2.35. The quantitative estimate of drug-likeness (QED) is 0.868. The average Bonchev–Trinajstić information content (AvgIpc) is 2.54. The molecule has 2 heterocycles. The van der Waals surface area contributed by atoms with Gasteiger partial charge < -0.3 is 9.64 Å². The van der Waals surface area contributed by atoms with Crippen LogP contribution in [0.25, 0.3) is 10.9 Å². The second-order valence-electron chi connectivity index (χ2n) is 5.56. The minimum Gasteiger partial charge on any atom is -0.384 e. The van der Waals surface area contributed by atoms with Gasteiger partial charge >= 0.3 is 0 Å². The maximum atomic E-state index is 9.44. The highest BCUT2D eigenvalue weighted by Gasteiger charge is 2.23. The smallest absolute Gasteiger partial charge is 0.103 e. The molecular weight excluding hydrogens is 262 g/mol. The van der Waals surface area contributed by atoms with Gasteiger partial charge in [-0.3, -0.25) is 4.98 Å². The van der Waals surface area contributed by atoms with Gasteiger partial charge in [0, 0.05) is 31.8 Å². The molecular formula is C17H19N3O. The molecule has 1 atom stereocenters. The molecule has 1 unspecified atom stereocenters. The Kier molecular flexibility index (Phi) is 4.03. The lowest BCUT2D eigenvalue weighted by molar-refractivity contribution is 0.143. The Bertz CT molecular complexity index is 675. The number of hydrogen-bond acceptors (Lipinski definition) is 4. The van der Waals surface area contributed by atoms with E-state index in [0.29, 0.717) is 11.5 Å². The molecule has 1 aliphatic heterocycles. The van der Waals surface area contributed by atoms with Crippen LogP contribution in [0.4, 0.5) is 5.69 Å². The third-order valence-corrected chi connectivity index (χ3v) is 4.11. The van der Waals surface area contributed by atoms with Gasteiger partial charge in [0.05, 0.1) is 23.4 Å². The third-order valence-electron chi connectivity index (χ3n) is 4.11. The van der Waals surface area contributed by atoms with E-state index in [1.165, 1.54) is 6.42 Å². The summed E-state index contributed by atoms with van der Waals surface area (Å²) in [6.07, 6.45) is 4.02. The van der Waals surface area contributed by atoms with E-state index in [-0.39, 0.29) is 0 Å². The van der Waals surface area contributed by atoms with Crippen LogP contribution in [0.3, 0.4) is 0 Å². The topological polar surface area (TPSA) is 49.1 Å². The van der Waals surface area contributed by atoms with Crippen molar-refractivity contribution in [1.29, 1.82) is 5.26 Å². The molecule has 2 aromatic rings. The molecule has 1 aromatic carbocycles. The van der Waals surface area contributed by atoms with Gasteiger partial charge in [-0.05, 0) is 24.8 Å². The van der Waals surface area contributed by atoms with Crippen molar-refractivity contribution in [3.05, 3.63) is 36.0 Å². The number of methoxy groups -OCH3 is 1. The van der Waals surface area contributed by atoms with Crippen LogP contribution in [0, 0.1) is 17.2 Å². The van der Waals surface area contributed by atoms with E-state index in [0.717, 1.165) is 42.7 Å². The van der Waals surface area contributed by atoms with Crippen molar-refractivity contribution in [2.45, 2.75) is 12.8 Å². The molecule has 21 heavy (non-hydrogen) atoms. The molecule has 0 saturated carbocycles. The first-order valence-corrected chi connectivity index (χ1v) is 7.35. The Morgan fingerprint density at radius 1 is 1.43 bits per heavy atom. The van der Waals surface area contributed by atoms with Crippen LogP contribution in [0.2, 0.25) is 0 Å². The number of hydrogen-bond donors (Lipinski definition) is 0. The highest BCUT2D eigenvalue weighted by Crippen LogP contribution is 2.32. The van der Waals surface area contributed by atoms with E-state index < -0.39 is 0 Å². The molecule has 0 bridgehead atoms. The first-order chi connectivity index (χ1) is 10.3. The first-order valence-electron chi connectivity index (χ1n) is 7.35. The van der Waals surface area contributed by atoms with Gasteiger partial charge in [-0.15, -0.1) is 0 Å². The second-order valence-corrected chi connectivity index (χ2v) is 5.56. The molecule has 0 amide bonds. The van der Waals surface area contributed by atoms with Crippen molar-refractivity contribution in [3.63, 3.8) is 0 Å². The summed E-state index contributed by atoms with van der Waals surface area (Å²) in [5.41, 5.74) is 2.64. The maximum Gasteiger partial charge on any atom is 0.103 e. The van der Waals surface area contributed by atoms with E-state index >= 15 is 0 Å². The Labute approximate surface area is 125 Å². The number of para-hydroxylation sites is 1. The fourth-order valence-corrected chi connectivity index (χ4v) is 3.19. The third kappa shape index (κ3) is 2.70. The van der Waals surface area contributed by atoms with Gasteiger partial charge in [0.15, 0.2) is 0 Å². The minimum absolute atomic E-state index is 0.530. The normalized spacial score (nSPS) is 18.7. The molecule has 3 rings (SSSR count). The maximum absolute atomic E-state index is 9.44. The molecule has 0 aliphatic carbocycles. The van der Waals surface area contributed by atoms with Crippen LogP contribution in [-0.2, 0) is 4.74 Å². The number of nitriles is 1. The Balaban J connectivity index is 2.04. The molecule has 0 radical (unpaired) electrons. The van der Waals surface area contributed by atoms with Crippen molar-refractivity contribution in [3.8, 4) is 6.07 Å². The summed E-state index contributed by atoms with van der Waals surface area (Å²) in [6.45, 7) is 2.71. The van der Waals surface area contributed by atoms with E-state index in [1.807, 2.05) is 18.2 Å². The van der Waals surface area contributed by atoms with Gasteiger partial charge in [-0.2, -0.15) is 5.26 Å². The molecule has 1 fully saturated rings. The number of rotatable bonds is 3. The molecule has 4 heteroatoms. The SMILES string of the molecule is COCC1CCCN(c2c(C#N)cnc3ccccc23)C1. The number of ether oxygens (including phenoxy) is 1. The van der Waals surface area contributed by atoms with Crippen LogP contribution >= 0.6 is 0 Å². The van der Waals surface area contributed by atoms with Crippen molar-refractivity contribution in [1.82, 2.24) is 4.98 Å². The molecule has 0 spiro atoms. The predicted octanol–water partition coefficient (Wildman–Crippen LogP) is 2.97. The summed E-state index contributed by atoms with van der Waals surface area (Å²) >= 11 is 0. The highest BCUT2D eigenvalue weighted by atomic mass is 16.5. The van der Waals surface area contributed by atoms with Crippen LogP contribution in [0.1, 0.15) is 18.4 Å². The second kappa shape index (κ2) is 6.11. The number of fused-ring (bicyclic) bond motifs is 1. The summed E-state index contributed by atoms with van der Waals surface area (Å²) < 4.78 is 5.31. The zero-order valence-corrected chi connectivity index (χ0v) is 12.2. The summed E-state index contributed by atoms with van der Waals surface area (Å²) in [5, 5.41) is 10.5. The number of pyridine rings is 1. The molecule has 1 saturated heterocycles. The minimum atomic E-state index is 0.530. The first kappa shape index (κ1) is 13.8. The number of aromatic nitrogens is 1. The van der Waals surface area contributed by atoms with E-state index in [4.69, 9.17) is 4.74 Å². The summed E-state index contributed by atoms with van der Waals surface area (Å²) in [4.78, 5) is 6.72. The largest absolute Gasteiger partial charge is 0.384 e. The molecule has 1 aromatic heterocycles. The Morgan fingerprint density at radius 3 is 3.10 bits per heavy atom. The van der Waals surface area contributed by atoms with Crippen molar-refractivity contribution < 1.29 is 4.74 Å². The van der Waals surface area contributed by atoms with Crippen molar-refractivity contribution in [2.75, 3.05) is 31.7 Å². The van der Waals surface area contributed by atoms with Crippen LogP contribution < -0.4 is 4.90 Å². The fourth-order valence-electron chi connectivity index (χ4n) is 3.19. The molecule has 108 valence electrons.